The first-order chi connectivity index (χ1) is 12.0. The van der Waals surface area contributed by atoms with E-state index in [0.717, 1.165) is 11.3 Å². The fourth-order valence-corrected chi connectivity index (χ4v) is 2.92. The topological polar surface area (TPSA) is 88.5 Å². The lowest BCUT2D eigenvalue weighted by molar-refractivity contribution is -0.131. The highest BCUT2D eigenvalue weighted by Crippen LogP contribution is 2.28. The number of nitrogens with zero attached hydrogens (tertiary/aromatic N) is 1. The summed E-state index contributed by atoms with van der Waals surface area (Å²) in [6.07, 6.45) is 0. The first kappa shape index (κ1) is 16.7. The number of benzene rings is 2. The number of rotatable bonds is 5. The molecule has 1 aromatic heterocycles. The minimum atomic E-state index is -0.976. The van der Waals surface area contributed by atoms with Crippen molar-refractivity contribution in [2.24, 2.45) is 0 Å². The average Bonchev–Trinajstić information content (AvgIpc) is 3.03. The predicted molar refractivity (Wildman–Crippen MR) is 95.5 cm³/mol. The lowest BCUT2D eigenvalue weighted by atomic mass is 10.2. The standard InChI is InChI=1S/C18H14N2O4S/c1-11(21)24-15-7-5-12(6-8-15)16-10-25-18(20-16)19-14-4-2-3-13(9-14)17(22)23/h2-10H,1H3,(H,19,20)(H,22,23). The fraction of sp³-hybridized carbons (Fsp3) is 0.0556. The van der Waals surface area contributed by atoms with Crippen LogP contribution in [-0.4, -0.2) is 22.0 Å². The van der Waals surface area contributed by atoms with Crippen molar-refractivity contribution in [3.05, 3.63) is 59.5 Å². The van der Waals surface area contributed by atoms with Crippen molar-refractivity contribution in [2.75, 3.05) is 5.32 Å². The molecule has 0 fully saturated rings. The van der Waals surface area contributed by atoms with Gasteiger partial charge in [0.1, 0.15) is 5.75 Å². The van der Waals surface area contributed by atoms with E-state index in [1.807, 2.05) is 17.5 Å². The molecule has 0 saturated heterocycles. The third-order valence-corrected chi connectivity index (χ3v) is 4.03. The number of carbonyl (C=O) groups excluding carboxylic acids is 1. The summed E-state index contributed by atoms with van der Waals surface area (Å²) < 4.78 is 5.00. The van der Waals surface area contributed by atoms with Crippen molar-refractivity contribution in [1.82, 2.24) is 4.98 Å². The van der Waals surface area contributed by atoms with Gasteiger partial charge in [0.25, 0.3) is 0 Å². The van der Waals surface area contributed by atoms with Crippen LogP contribution in [0, 0.1) is 0 Å². The van der Waals surface area contributed by atoms with Gasteiger partial charge < -0.3 is 15.2 Å². The molecule has 0 aliphatic rings. The number of carboxylic acids is 1. The van der Waals surface area contributed by atoms with Gasteiger partial charge in [0.15, 0.2) is 5.13 Å². The lowest BCUT2D eigenvalue weighted by Gasteiger charge is -2.04. The van der Waals surface area contributed by atoms with Crippen LogP contribution in [0.5, 0.6) is 5.75 Å². The Kier molecular flexibility index (Phi) is 4.76. The van der Waals surface area contributed by atoms with Crippen molar-refractivity contribution in [1.29, 1.82) is 0 Å². The Balaban J connectivity index is 1.75. The second-order valence-corrected chi connectivity index (χ2v) is 6.02. The Labute approximate surface area is 147 Å². The average molecular weight is 354 g/mol. The Morgan fingerprint density at radius 1 is 1.16 bits per heavy atom. The number of thiazole rings is 1. The molecule has 0 spiro atoms. The van der Waals surface area contributed by atoms with Gasteiger partial charge >= 0.3 is 11.9 Å². The first-order valence-corrected chi connectivity index (χ1v) is 8.24. The van der Waals surface area contributed by atoms with Crippen molar-refractivity contribution < 1.29 is 19.4 Å². The minimum Gasteiger partial charge on any atom is -0.478 e. The van der Waals surface area contributed by atoms with Gasteiger partial charge in [-0.3, -0.25) is 4.79 Å². The van der Waals surface area contributed by atoms with E-state index in [0.29, 0.717) is 16.6 Å². The summed E-state index contributed by atoms with van der Waals surface area (Å²) >= 11 is 1.41. The van der Waals surface area contributed by atoms with Gasteiger partial charge in [-0.05, 0) is 42.5 Å². The molecule has 7 heteroatoms. The number of ether oxygens (including phenoxy) is 1. The summed E-state index contributed by atoms with van der Waals surface area (Å²) in [4.78, 5) is 26.4. The summed E-state index contributed by atoms with van der Waals surface area (Å²) in [6.45, 7) is 1.35. The number of aromatic carboxylic acids is 1. The van der Waals surface area contributed by atoms with E-state index in [9.17, 15) is 9.59 Å². The summed E-state index contributed by atoms with van der Waals surface area (Å²) in [5.74, 6) is -0.858. The molecule has 3 rings (SSSR count). The largest absolute Gasteiger partial charge is 0.478 e. The quantitative estimate of drug-likeness (QED) is 0.528. The van der Waals surface area contributed by atoms with Crippen molar-refractivity contribution in [3.8, 4) is 17.0 Å². The summed E-state index contributed by atoms with van der Waals surface area (Å²) in [7, 11) is 0. The number of aromatic nitrogens is 1. The number of hydrogen-bond acceptors (Lipinski definition) is 6. The van der Waals surface area contributed by atoms with Crippen molar-refractivity contribution >= 4 is 34.1 Å². The first-order valence-electron chi connectivity index (χ1n) is 7.36. The maximum absolute atomic E-state index is 11.0. The summed E-state index contributed by atoms with van der Waals surface area (Å²) in [5, 5.41) is 14.7. The lowest BCUT2D eigenvalue weighted by Crippen LogP contribution is -2.00. The Hall–Kier alpha value is -3.19. The number of carbonyl (C=O) groups is 2. The van der Waals surface area contributed by atoms with Gasteiger partial charge in [-0.1, -0.05) is 6.07 Å². The molecular weight excluding hydrogens is 340 g/mol. The third-order valence-electron chi connectivity index (χ3n) is 3.28. The zero-order valence-corrected chi connectivity index (χ0v) is 14.0. The van der Waals surface area contributed by atoms with Gasteiger partial charge in [-0.2, -0.15) is 0 Å². The predicted octanol–water partition coefficient (Wildman–Crippen LogP) is 4.18. The molecule has 0 atom stereocenters. The van der Waals surface area contributed by atoms with Crippen molar-refractivity contribution in [3.63, 3.8) is 0 Å². The third kappa shape index (κ3) is 4.21. The Bertz CT molecular complexity index is 919. The smallest absolute Gasteiger partial charge is 0.335 e. The second kappa shape index (κ2) is 7.14. The number of carboxylic acid groups (broad SMARTS) is 1. The number of nitrogens with one attached hydrogen (secondary N) is 1. The SMILES string of the molecule is CC(=O)Oc1ccc(-c2csc(Nc3cccc(C(=O)O)c3)n2)cc1. The van der Waals surface area contributed by atoms with Gasteiger partial charge in [-0.25, -0.2) is 9.78 Å². The maximum atomic E-state index is 11.0. The molecule has 0 aliphatic carbocycles. The van der Waals surface area contributed by atoms with Crippen molar-refractivity contribution in [2.45, 2.75) is 6.92 Å². The zero-order chi connectivity index (χ0) is 17.8. The number of anilines is 2. The highest BCUT2D eigenvalue weighted by atomic mass is 32.1. The van der Waals surface area contributed by atoms with Crippen LogP contribution >= 0.6 is 11.3 Å². The molecular formula is C18H14N2O4S. The molecule has 126 valence electrons. The molecule has 2 aromatic carbocycles. The van der Waals surface area contributed by atoms with E-state index in [2.05, 4.69) is 10.3 Å². The second-order valence-electron chi connectivity index (χ2n) is 5.17. The normalized spacial score (nSPS) is 10.3. The van der Waals surface area contributed by atoms with E-state index in [-0.39, 0.29) is 11.5 Å². The molecule has 25 heavy (non-hydrogen) atoms. The monoisotopic (exact) mass is 354 g/mol. The van der Waals surface area contributed by atoms with Crippen LogP contribution in [0.15, 0.2) is 53.9 Å². The molecule has 3 aromatic rings. The maximum Gasteiger partial charge on any atom is 0.335 e. The van der Waals surface area contributed by atoms with Crippen LogP contribution in [-0.2, 0) is 4.79 Å². The van der Waals surface area contributed by atoms with Gasteiger partial charge in [0.2, 0.25) is 0 Å². The Morgan fingerprint density at radius 3 is 2.60 bits per heavy atom. The fourth-order valence-electron chi connectivity index (χ4n) is 2.18. The number of hydrogen-bond donors (Lipinski definition) is 2. The van der Waals surface area contributed by atoms with Gasteiger partial charge in [-0.15, -0.1) is 11.3 Å². The molecule has 0 saturated carbocycles. The van der Waals surface area contributed by atoms with E-state index < -0.39 is 5.97 Å². The van der Waals surface area contributed by atoms with E-state index in [4.69, 9.17) is 9.84 Å². The van der Waals surface area contributed by atoms with E-state index in [1.54, 1.807) is 30.3 Å². The molecule has 6 nitrogen and oxygen atoms in total. The zero-order valence-electron chi connectivity index (χ0n) is 13.2. The molecule has 1 heterocycles. The molecule has 0 radical (unpaired) electrons. The van der Waals surface area contributed by atoms with Crippen LogP contribution in [0.2, 0.25) is 0 Å². The van der Waals surface area contributed by atoms with Gasteiger partial charge in [0.05, 0.1) is 11.3 Å². The molecule has 0 aliphatic heterocycles. The summed E-state index contributed by atoms with van der Waals surface area (Å²) in [5.41, 5.74) is 2.53. The minimum absolute atomic E-state index is 0.211. The van der Waals surface area contributed by atoms with E-state index >= 15 is 0 Å². The molecule has 2 N–H and O–H groups in total. The highest BCUT2D eigenvalue weighted by molar-refractivity contribution is 7.14. The van der Waals surface area contributed by atoms with Crippen LogP contribution in [0.3, 0.4) is 0 Å². The number of esters is 1. The van der Waals surface area contributed by atoms with Crippen LogP contribution in [0.25, 0.3) is 11.3 Å². The highest BCUT2D eigenvalue weighted by Gasteiger charge is 2.08. The van der Waals surface area contributed by atoms with E-state index in [1.165, 1.54) is 24.3 Å². The van der Waals surface area contributed by atoms with Crippen LogP contribution in [0.4, 0.5) is 10.8 Å². The summed E-state index contributed by atoms with van der Waals surface area (Å²) in [6, 6.07) is 13.6. The molecule has 0 amide bonds. The Morgan fingerprint density at radius 2 is 1.92 bits per heavy atom. The molecule has 0 bridgehead atoms. The van der Waals surface area contributed by atoms with Crippen LogP contribution in [0.1, 0.15) is 17.3 Å². The molecule has 0 unspecified atom stereocenters. The van der Waals surface area contributed by atoms with Crippen LogP contribution < -0.4 is 10.1 Å². The van der Waals surface area contributed by atoms with Gasteiger partial charge in [0, 0.05) is 23.6 Å².